The molecule has 0 aliphatic rings. The van der Waals surface area contributed by atoms with Gasteiger partial charge in [0.05, 0.1) is 30.7 Å². The topological polar surface area (TPSA) is 74.2 Å². The molecule has 0 aliphatic heterocycles. The van der Waals surface area contributed by atoms with E-state index in [-0.39, 0.29) is 6.61 Å². The van der Waals surface area contributed by atoms with Crippen molar-refractivity contribution in [2.75, 3.05) is 30.4 Å². The van der Waals surface area contributed by atoms with Gasteiger partial charge in [-0.05, 0) is 24.3 Å². The number of anilines is 2. The lowest BCUT2D eigenvalue weighted by molar-refractivity contribution is 0.304. The second-order valence-corrected chi connectivity index (χ2v) is 6.36. The molecular weight excluding hydrogens is 322 g/mol. The number of aliphatic hydroxyl groups excluding tert-OH is 1. The summed E-state index contributed by atoms with van der Waals surface area (Å²) in [6.07, 6.45) is 5.43. The number of pyridine rings is 2. The van der Waals surface area contributed by atoms with E-state index < -0.39 is 0 Å². The van der Waals surface area contributed by atoms with Gasteiger partial charge >= 0.3 is 0 Å². The molecule has 0 unspecified atom stereocenters. The Kier molecular flexibility index (Phi) is 5.35. The number of nitrogens with one attached hydrogen (secondary N) is 1. The minimum Gasteiger partial charge on any atom is -0.395 e. The van der Waals surface area contributed by atoms with Crippen molar-refractivity contribution >= 4 is 22.8 Å². The summed E-state index contributed by atoms with van der Waals surface area (Å²) in [7, 11) is 1.93. The maximum absolute atomic E-state index is 8.96. The van der Waals surface area contributed by atoms with Crippen molar-refractivity contribution < 1.29 is 5.11 Å². The van der Waals surface area contributed by atoms with Crippen LogP contribution < -0.4 is 10.2 Å². The number of likely N-dealkylation sites (N-methyl/N-ethyl adjacent to an activating group) is 1. The molecule has 2 N–H and O–H groups in total. The van der Waals surface area contributed by atoms with E-state index in [4.69, 9.17) is 5.11 Å². The molecule has 0 aliphatic carbocycles. The Balaban J connectivity index is 1.59. The fourth-order valence-electron chi connectivity index (χ4n) is 2.17. The Labute approximate surface area is 144 Å². The molecule has 0 fully saturated rings. The van der Waals surface area contributed by atoms with Gasteiger partial charge in [-0.25, -0.2) is 9.97 Å². The van der Waals surface area contributed by atoms with E-state index in [9.17, 15) is 0 Å². The summed E-state index contributed by atoms with van der Waals surface area (Å²) in [5, 5.41) is 13.2. The SMILES string of the molecule is CN(CCO)c1ccc(NCc2cnc(-c3ccccn3)s2)nc1. The van der Waals surface area contributed by atoms with E-state index in [2.05, 4.69) is 20.3 Å². The molecule has 0 saturated heterocycles. The van der Waals surface area contributed by atoms with Crippen LogP contribution in [0.15, 0.2) is 48.9 Å². The first-order valence-electron chi connectivity index (χ1n) is 7.64. The number of nitrogens with zero attached hydrogens (tertiary/aromatic N) is 4. The average molecular weight is 341 g/mol. The van der Waals surface area contributed by atoms with Gasteiger partial charge in [-0.1, -0.05) is 6.07 Å². The van der Waals surface area contributed by atoms with Crippen LogP contribution in [0.2, 0.25) is 0 Å². The number of hydrogen-bond donors (Lipinski definition) is 2. The maximum Gasteiger partial charge on any atom is 0.142 e. The number of hydrogen-bond acceptors (Lipinski definition) is 7. The van der Waals surface area contributed by atoms with Crippen molar-refractivity contribution in [3.05, 3.63) is 53.8 Å². The first-order valence-corrected chi connectivity index (χ1v) is 8.46. The highest BCUT2D eigenvalue weighted by Crippen LogP contribution is 2.23. The molecule has 3 aromatic heterocycles. The molecule has 24 heavy (non-hydrogen) atoms. The quantitative estimate of drug-likeness (QED) is 0.688. The van der Waals surface area contributed by atoms with Crippen molar-refractivity contribution in [3.63, 3.8) is 0 Å². The van der Waals surface area contributed by atoms with Crippen LogP contribution in [0, 0.1) is 0 Å². The molecule has 124 valence electrons. The Morgan fingerprint density at radius 1 is 1.12 bits per heavy atom. The van der Waals surface area contributed by atoms with E-state index in [0.29, 0.717) is 13.1 Å². The van der Waals surface area contributed by atoms with Gasteiger partial charge in [-0.3, -0.25) is 4.98 Å². The van der Waals surface area contributed by atoms with Crippen molar-refractivity contribution in [1.29, 1.82) is 0 Å². The molecule has 0 radical (unpaired) electrons. The highest BCUT2D eigenvalue weighted by molar-refractivity contribution is 7.15. The zero-order chi connectivity index (χ0) is 16.8. The predicted molar refractivity (Wildman–Crippen MR) is 97.3 cm³/mol. The maximum atomic E-state index is 8.96. The summed E-state index contributed by atoms with van der Waals surface area (Å²) in [5.41, 5.74) is 1.87. The number of thiazole rings is 1. The van der Waals surface area contributed by atoms with Crippen LogP contribution in [0.25, 0.3) is 10.7 Å². The third-order valence-electron chi connectivity index (χ3n) is 3.51. The highest BCUT2D eigenvalue weighted by atomic mass is 32.1. The van der Waals surface area contributed by atoms with Crippen molar-refractivity contribution in [3.8, 4) is 10.7 Å². The molecule has 0 spiro atoms. The minimum absolute atomic E-state index is 0.125. The van der Waals surface area contributed by atoms with Gasteiger partial charge in [-0.15, -0.1) is 11.3 Å². The first-order chi connectivity index (χ1) is 11.8. The fourth-order valence-corrected chi connectivity index (χ4v) is 3.00. The van der Waals surface area contributed by atoms with Crippen LogP contribution in [0.4, 0.5) is 11.5 Å². The fraction of sp³-hybridized carbons (Fsp3) is 0.235. The first kappa shape index (κ1) is 16.4. The van der Waals surface area contributed by atoms with Crippen molar-refractivity contribution in [2.45, 2.75) is 6.54 Å². The Hall–Kier alpha value is -2.51. The summed E-state index contributed by atoms with van der Waals surface area (Å²) in [6.45, 7) is 1.38. The summed E-state index contributed by atoms with van der Waals surface area (Å²) in [5.74, 6) is 0.809. The lowest BCUT2D eigenvalue weighted by Gasteiger charge is -2.17. The number of rotatable bonds is 7. The molecule has 0 amide bonds. The van der Waals surface area contributed by atoms with Crippen molar-refractivity contribution in [1.82, 2.24) is 15.0 Å². The van der Waals surface area contributed by atoms with Gasteiger partial charge in [-0.2, -0.15) is 0 Å². The van der Waals surface area contributed by atoms with Gasteiger partial charge < -0.3 is 15.3 Å². The molecule has 3 aromatic rings. The van der Waals surface area contributed by atoms with E-state index in [1.165, 1.54) is 0 Å². The second kappa shape index (κ2) is 7.85. The molecule has 0 atom stereocenters. The third kappa shape index (κ3) is 4.06. The minimum atomic E-state index is 0.125. The average Bonchev–Trinajstić information content (AvgIpc) is 3.10. The van der Waals surface area contributed by atoms with E-state index in [1.54, 1.807) is 23.7 Å². The molecular formula is C17H19N5OS. The highest BCUT2D eigenvalue weighted by Gasteiger charge is 2.06. The van der Waals surface area contributed by atoms with Crippen LogP contribution in [0.1, 0.15) is 4.88 Å². The summed E-state index contributed by atoms with van der Waals surface area (Å²) in [4.78, 5) is 16.2. The number of aromatic nitrogens is 3. The zero-order valence-electron chi connectivity index (χ0n) is 13.4. The Morgan fingerprint density at radius 2 is 2.04 bits per heavy atom. The third-order valence-corrected chi connectivity index (χ3v) is 4.53. The Morgan fingerprint density at radius 3 is 2.75 bits per heavy atom. The number of aliphatic hydroxyl groups is 1. The summed E-state index contributed by atoms with van der Waals surface area (Å²) < 4.78 is 0. The molecule has 3 rings (SSSR count). The van der Waals surface area contributed by atoms with E-state index in [1.807, 2.05) is 48.5 Å². The van der Waals surface area contributed by atoms with Crippen LogP contribution in [-0.4, -0.2) is 40.3 Å². The monoisotopic (exact) mass is 341 g/mol. The largest absolute Gasteiger partial charge is 0.395 e. The molecule has 6 nitrogen and oxygen atoms in total. The molecule has 0 bridgehead atoms. The van der Waals surface area contributed by atoms with Crippen LogP contribution >= 0.6 is 11.3 Å². The van der Waals surface area contributed by atoms with Gasteiger partial charge in [0.1, 0.15) is 10.8 Å². The van der Waals surface area contributed by atoms with Crippen LogP contribution in [-0.2, 0) is 6.54 Å². The van der Waals surface area contributed by atoms with Gasteiger partial charge in [0.25, 0.3) is 0 Å². The predicted octanol–water partition coefficient (Wildman–Crippen LogP) is 2.64. The lowest BCUT2D eigenvalue weighted by Crippen LogP contribution is -2.21. The van der Waals surface area contributed by atoms with E-state index >= 15 is 0 Å². The molecule has 0 saturated carbocycles. The smallest absolute Gasteiger partial charge is 0.142 e. The second-order valence-electron chi connectivity index (χ2n) is 5.25. The molecule has 0 aromatic carbocycles. The standard InChI is InChI=1S/C17H19N5OS/c1-22(8-9-23)13-5-6-16(19-10-13)20-11-14-12-21-17(24-14)15-4-2-3-7-18-15/h2-7,10,12,23H,8-9,11H2,1H3,(H,19,20). The van der Waals surface area contributed by atoms with Crippen LogP contribution in [0.3, 0.4) is 0 Å². The molecule has 7 heteroatoms. The molecule has 3 heterocycles. The lowest BCUT2D eigenvalue weighted by atomic mass is 10.3. The zero-order valence-corrected chi connectivity index (χ0v) is 14.2. The summed E-state index contributed by atoms with van der Waals surface area (Å²) in [6, 6.07) is 9.73. The summed E-state index contributed by atoms with van der Waals surface area (Å²) >= 11 is 1.62. The van der Waals surface area contributed by atoms with Gasteiger partial charge in [0, 0.05) is 30.9 Å². The normalized spacial score (nSPS) is 10.6. The van der Waals surface area contributed by atoms with Crippen molar-refractivity contribution in [2.24, 2.45) is 0 Å². The van der Waals surface area contributed by atoms with Gasteiger partial charge in [0.15, 0.2) is 0 Å². The van der Waals surface area contributed by atoms with Crippen LogP contribution in [0.5, 0.6) is 0 Å². The van der Waals surface area contributed by atoms with Gasteiger partial charge in [0.2, 0.25) is 0 Å². The van der Waals surface area contributed by atoms with E-state index in [0.717, 1.165) is 27.1 Å². The Bertz CT molecular complexity index is 760.